The molecule has 2 aromatic rings. The molecule has 0 radical (unpaired) electrons. The van der Waals surface area contributed by atoms with E-state index in [0.29, 0.717) is 16.9 Å². The van der Waals surface area contributed by atoms with Crippen LogP contribution in [0.2, 0.25) is 0 Å². The van der Waals surface area contributed by atoms with Crippen LogP contribution < -0.4 is 5.32 Å². The van der Waals surface area contributed by atoms with Crippen LogP contribution in [0.25, 0.3) is 11.0 Å². The number of rotatable bonds is 1. The standard InChI is InChI=1S/C10H12IN5O2/c1-10(2,3)18-9(17)14-7-5-6(11)15-16-8(5)13-4-12-7/h4H,1-3H3,(H2,12,13,14,15,16,17). The molecule has 0 aliphatic carbocycles. The van der Waals surface area contributed by atoms with E-state index in [2.05, 4.69) is 48.1 Å². The summed E-state index contributed by atoms with van der Waals surface area (Å²) in [6.07, 6.45) is 0.783. The fraction of sp³-hybridized carbons (Fsp3) is 0.400. The number of nitrogens with zero attached hydrogens (tertiary/aromatic N) is 3. The van der Waals surface area contributed by atoms with Gasteiger partial charge in [-0.05, 0) is 43.4 Å². The number of carbonyl (C=O) groups is 1. The van der Waals surface area contributed by atoms with Crippen LogP contribution in [0.15, 0.2) is 6.33 Å². The van der Waals surface area contributed by atoms with Crippen molar-refractivity contribution in [2.45, 2.75) is 26.4 Å². The fourth-order valence-corrected chi connectivity index (χ4v) is 1.93. The number of H-pyrrole nitrogens is 1. The number of nitrogens with one attached hydrogen (secondary N) is 2. The first-order valence-corrected chi connectivity index (χ1v) is 6.29. The predicted octanol–water partition coefficient (Wildman–Crippen LogP) is 2.30. The first-order chi connectivity index (χ1) is 8.37. The molecule has 0 aromatic carbocycles. The Bertz CT molecular complexity index is 589. The lowest BCUT2D eigenvalue weighted by Crippen LogP contribution is -2.27. The minimum atomic E-state index is -0.556. The van der Waals surface area contributed by atoms with Crippen molar-refractivity contribution in [1.82, 2.24) is 20.2 Å². The van der Waals surface area contributed by atoms with Crippen molar-refractivity contribution in [2.24, 2.45) is 0 Å². The van der Waals surface area contributed by atoms with E-state index in [4.69, 9.17) is 4.74 Å². The lowest BCUT2D eigenvalue weighted by Gasteiger charge is -2.19. The smallest absolute Gasteiger partial charge is 0.413 e. The Labute approximate surface area is 117 Å². The minimum absolute atomic E-state index is 0.382. The second kappa shape index (κ2) is 4.67. The maximum absolute atomic E-state index is 11.7. The summed E-state index contributed by atoms with van der Waals surface area (Å²) >= 11 is 2.06. The first-order valence-electron chi connectivity index (χ1n) is 5.21. The van der Waals surface area contributed by atoms with E-state index < -0.39 is 11.7 Å². The second-order valence-electron chi connectivity index (χ2n) is 4.59. The maximum Gasteiger partial charge on any atom is 0.413 e. The summed E-state index contributed by atoms with van der Waals surface area (Å²) in [5.41, 5.74) is -0.0553. The van der Waals surface area contributed by atoms with E-state index in [1.165, 1.54) is 6.33 Å². The summed E-state index contributed by atoms with van der Waals surface area (Å²) < 4.78 is 5.92. The van der Waals surface area contributed by atoms with E-state index in [1.807, 2.05) is 0 Å². The third kappa shape index (κ3) is 2.86. The number of anilines is 1. The van der Waals surface area contributed by atoms with E-state index in [0.717, 1.165) is 3.70 Å². The van der Waals surface area contributed by atoms with Gasteiger partial charge in [-0.2, -0.15) is 5.10 Å². The Morgan fingerprint density at radius 3 is 2.83 bits per heavy atom. The summed E-state index contributed by atoms with van der Waals surface area (Å²) in [6, 6.07) is 0. The van der Waals surface area contributed by atoms with Crippen molar-refractivity contribution in [3.05, 3.63) is 10.0 Å². The number of halogens is 1. The van der Waals surface area contributed by atoms with Crippen molar-refractivity contribution < 1.29 is 9.53 Å². The average Bonchev–Trinajstić information content (AvgIpc) is 2.58. The Morgan fingerprint density at radius 1 is 1.44 bits per heavy atom. The fourth-order valence-electron chi connectivity index (χ4n) is 1.32. The third-order valence-electron chi connectivity index (χ3n) is 1.93. The highest BCUT2D eigenvalue weighted by molar-refractivity contribution is 14.1. The highest BCUT2D eigenvalue weighted by Crippen LogP contribution is 2.22. The van der Waals surface area contributed by atoms with E-state index in [9.17, 15) is 4.79 Å². The van der Waals surface area contributed by atoms with Gasteiger partial charge in [-0.15, -0.1) is 0 Å². The lowest BCUT2D eigenvalue weighted by atomic mass is 10.2. The van der Waals surface area contributed by atoms with Crippen molar-refractivity contribution in [2.75, 3.05) is 5.32 Å². The molecule has 18 heavy (non-hydrogen) atoms. The zero-order valence-electron chi connectivity index (χ0n) is 10.1. The molecule has 0 atom stereocenters. The molecular weight excluding hydrogens is 349 g/mol. The van der Waals surface area contributed by atoms with Crippen LogP contribution in [0.5, 0.6) is 0 Å². The number of amides is 1. The van der Waals surface area contributed by atoms with Crippen LogP contribution >= 0.6 is 22.6 Å². The molecule has 2 aromatic heterocycles. The van der Waals surface area contributed by atoms with Gasteiger partial charge < -0.3 is 4.74 Å². The molecule has 8 heteroatoms. The van der Waals surface area contributed by atoms with Gasteiger partial charge in [0.2, 0.25) is 0 Å². The van der Waals surface area contributed by atoms with Gasteiger partial charge in [0.1, 0.15) is 15.6 Å². The van der Waals surface area contributed by atoms with Gasteiger partial charge in [0.25, 0.3) is 0 Å². The number of ether oxygens (including phenoxy) is 1. The van der Waals surface area contributed by atoms with Crippen LogP contribution in [0.3, 0.4) is 0 Å². The van der Waals surface area contributed by atoms with Gasteiger partial charge in [0.05, 0.1) is 5.39 Å². The van der Waals surface area contributed by atoms with Gasteiger partial charge in [-0.1, -0.05) is 0 Å². The molecule has 1 amide bonds. The van der Waals surface area contributed by atoms with Crippen molar-refractivity contribution in [3.8, 4) is 0 Å². The average molecular weight is 361 g/mol. The Balaban J connectivity index is 2.27. The van der Waals surface area contributed by atoms with E-state index >= 15 is 0 Å². The quantitative estimate of drug-likeness (QED) is 0.761. The lowest BCUT2D eigenvalue weighted by molar-refractivity contribution is 0.0635. The van der Waals surface area contributed by atoms with Gasteiger partial charge in [-0.25, -0.2) is 14.8 Å². The number of carbonyl (C=O) groups excluding carboxylic acids is 1. The first kappa shape index (κ1) is 13.0. The van der Waals surface area contributed by atoms with E-state index in [1.54, 1.807) is 20.8 Å². The minimum Gasteiger partial charge on any atom is -0.444 e. The summed E-state index contributed by atoms with van der Waals surface area (Å²) in [6.45, 7) is 5.39. The predicted molar refractivity (Wildman–Crippen MR) is 74.3 cm³/mol. The Kier molecular flexibility index (Phi) is 3.37. The molecule has 2 N–H and O–H groups in total. The molecule has 0 aliphatic rings. The zero-order chi connectivity index (χ0) is 13.3. The molecule has 2 heterocycles. The van der Waals surface area contributed by atoms with Gasteiger partial charge in [0.15, 0.2) is 11.5 Å². The highest BCUT2D eigenvalue weighted by Gasteiger charge is 2.18. The van der Waals surface area contributed by atoms with Crippen LogP contribution in [-0.4, -0.2) is 31.9 Å². The largest absolute Gasteiger partial charge is 0.444 e. The molecule has 0 saturated carbocycles. The molecule has 2 rings (SSSR count). The summed E-state index contributed by atoms with van der Waals surface area (Å²) in [5, 5.41) is 10.0. The molecule has 0 saturated heterocycles. The monoisotopic (exact) mass is 361 g/mol. The topological polar surface area (TPSA) is 92.8 Å². The molecule has 0 unspecified atom stereocenters. The number of hydrogen-bond donors (Lipinski definition) is 2. The number of hydrogen-bond acceptors (Lipinski definition) is 5. The van der Waals surface area contributed by atoms with Crippen molar-refractivity contribution in [1.29, 1.82) is 0 Å². The van der Waals surface area contributed by atoms with Crippen LogP contribution in [0, 0.1) is 3.70 Å². The van der Waals surface area contributed by atoms with Crippen molar-refractivity contribution in [3.63, 3.8) is 0 Å². The normalized spacial score (nSPS) is 11.6. The van der Waals surface area contributed by atoms with Gasteiger partial charge in [-0.3, -0.25) is 10.4 Å². The van der Waals surface area contributed by atoms with Crippen molar-refractivity contribution >= 4 is 45.5 Å². The van der Waals surface area contributed by atoms with E-state index in [-0.39, 0.29) is 0 Å². The molecular formula is C10H12IN5O2. The van der Waals surface area contributed by atoms with Gasteiger partial charge in [0, 0.05) is 0 Å². The summed E-state index contributed by atoms with van der Waals surface area (Å²) in [5.74, 6) is 0.382. The van der Waals surface area contributed by atoms with Crippen LogP contribution in [0.1, 0.15) is 20.8 Å². The van der Waals surface area contributed by atoms with Crippen LogP contribution in [-0.2, 0) is 4.74 Å². The molecule has 0 fully saturated rings. The second-order valence-corrected chi connectivity index (χ2v) is 5.66. The Hall–Kier alpha value is -1.45. The van der Waals surface area contributed by atoms with Gasteiger partial charge >= 0.3 is 6.09 Å². The summed E-state index contributed by atoms with van der Waals surface area (Å²) in [7, 11) is 0. The number of aromatic nitrogens is 4. The number of fused-ring (bicyclic) bond motifs is 1. The zero-order valence-corrected chi connectivity index (χ0v) is 12.3. The Morgan fingerprint density at radius 2 is 2.17 bits per heavy atom. The molecule has 7 nitrogen and oxygen atoms in total. The molecule has 0 aliphatic heterocycles. The number of aromatic amines is 1. The molecule has 96 valence electrons. The molecule has 0 spiro atoms. The maximum atomic E-state index is 11.7. The van der Waals surface area contributed by atoms with Crippen LogP contribution in [0.4, 0.5) is 10.6 Å². The summed E-state index contributed by atoms with van der Waals surface area (Å²) in [4.78, 5) is 19.7. The molecule has 0 bridgehead atoms. The third-order valence-corrected chi connectivity index (χ3v) is 2.71. The highest BCUT2D eigenvalue weighted by atomic mass is 127. The SMILES string of the molecule is CC(C)(C)OC(=O)Nc1ncnc2n[nH]c(I)c12.